The van der Waals surface area contributed by atoms with Gasteiger partial charge in [0.25, 0.3) is 0 Å². The van der Waals surface area contributed by atoms with Crippen LogP contribution in [0.3, 0.4) is 0 Å². The molecule has 0 amide bonds. The van der Waals surface area contributed by atoms with Crippen LogP contribution in [-0.4, -0.2) is 10.2 Å². The Morgan fingerprint density at radius 1 is 1.19 bits per heavy atom. The Labute approximate surface area is 96.6 Å². The highest BCUT2D eigenvalue weighted by atomic mass is 16.3. The molecule has 1 aromatic carbocycles. The number of phenols is 1. The third-order valence-corrected chi connectivity index (χ3v) is 2.34. The molecule has 1 rings (SSSR count). The van der Waals surface area contributed by atoms with E-state index in [0.29, 0.717) is 12.2 Å². The van der Waals surface area contributed by atoms with Gasteiger partial charge < -0.3 is 10.2 Å². The molecule has 0 unspecified atom stereocenters. The molecule has 2 heteroatoms. The van der Waals surface area contributed by atoms with Crippen molar-refractivity contribution in [3.63, 3.8) is 0 Å². The monoisotopic (exact) mass is 218 g/mol. The van der Waals surface area contributed by atoms with E-state index in [4.69, 9.17) is 5.11 Å². The Morgan fingerprint density at radius 2 is 1.81 bits per heavy atom. The molecule has 0 atom stereocenters. The fraction of sp³-hybridized carbons (Fsp3) is 0.286. The summed E-state index contributed by atoms with van der Waals surface area (Å²) in [7, 11) is 0. The topological polar surface area (TPSA) is 40.5 Å². The van der Waals surface area contributed by atoms with Gasteiger partial charge in [0.15, 0.2) is 0 Å². The number of benzene rings is 1. The van der Waals surface area contributed by atoms with Crippen LogP contribution in [0, 0.1) is 0 Å². The highest BCUT2D eigenvalue weighted by Gasteiger charge is 1.95. The van der Waals surface area contributed by atoms with E-state index in [1.165, 1.54) is 5.57 Å². The number of phenolic OH excluding ortho intramolecular Hbond substituents is 1. The lowest BCUT2D eigenvalue weighted by Gasteiger charge is -2.01. The van der Waals surface area contributed by atoms with E-state index in [2.05, 4.69) is 0 Å². The molecule has 0 bridgehead atoms. The Balaban J connectivity index is 2.64. The molecule has 0 aliphatic heterocycles. The van der Waals surface area contributed by atoms with Crippen molar-refractivity contribution in [1.29, 1.82) is 0 Å². The van der Waals surface area contributed by atoms with Gasteiger partial charge in [-0.1, -0.05) is 30.7 Å². The minimum atomic E-state index is 0.286. The molecule has 0 aliphatic carbocycles. The predicted octanol–water partition coefficient (Wildman–Crippen LogP) is 3.73. The second kappa shape index (κ2) is 6.01. The van der Waals surface area contributed by atoms with E-state index < -0.39 is 0 Å². The lowest BCUT2D eigenvalue weighted by atomic mass is 10.1. The summed E-state index contributed by atoms with van der Waals surface area (Å²) in [4.78, 5) is 0. The van der Waals surface area contributed by atoms with Gasteiger partial charge in [0.1, 0.15) is 5.75 Å². The molecule has 2 N–H and O–H groups in total. The first-order valence-corrected chi connectivity index (χ1v) is 5.45. The fourth-order valence-corrected chi connectivity index (χ4v) is 1.35. The van der Waals surface area contributed by atoms with Crippen molar-refractivity contribution in [3.05, 3.63) is 53.3 Å². The molecular weight excluding hydrogens is 200 g/mol. The van der Waals surface area contributed by atoms with E-state index in [-0.39, 0.29) is 5.75 Å². The van der Waals surface area contributed by atoms with Crippen LogP contribution in [0.1, 0.15) is 25.8 Å². The van der Waals surface area contributed by atoms with Crippen LogP contribution in [0.4, 0.5) is 0 Å². The summed E-state index contributed by atoms with van der Waals surface area (Å²) in [6.07, 6.45) is 5.14. The van der Waals surface area contributed by atoms with Crippen LogP contribution in [0.25, 0.3) is 0 Å². The van der Waals surface area contributed by atoms with Crippen LogP contribution in [0.5, 0.6) is 5.75 Å². The summed E-state index contributed by atoms with van der Waals surface area (Å²) in [6.45, 7) is 3.93. The number of aromatic hydroxyl groups is 1. The lowest BCUT2D eigenvalue weighted by molar-refractivity contribution is 0.394. The zero-order valence-corrected chi connectivity index (χ0v) is 9.77. The molecule has 0 spiro atoms. The number of rotatable bonds is 4. The molecule has 1 aromatic rings. The van der Waals surface area contributed by atoms with E-state index >= 15 is 0 Å². The summed E-state index contributed by atoms with van der Waals surface area (Å²) >= 11 is 0. The Kier molecular flexibility index (Phi) is 4.65. The van der Waals surface area contributed by atoms with Crippen molar-refractivity contribution in [3.8, 4) is 5.75 Å². The number of hydrogen-bond donors (Lipinski definition) is 2. The van der Waals surface area contributed by atoms with Gasteiger partial charge in [-0.25, -0.2) is 0 Å². The minimum Gasteiger partial charge on any atom is -0.512 e. The van der Waals surface area contributed by atoms with Crippen LogP contribution < -0.4 is 0 Å². The van der Waals surface area contributed by atoms with Crippen LogP contribution in [-0.2, 0) is 6.42 Å². The van der Waals surface area contributed by atoms with Crippen LogP contribution in [0.15, 0.2) is 47.7 Å². The number of aliphatic hydroxyl groups excluding tert-OH is 1. The summed E-state index contributed by atoms with van der Waals surface area (Å²) in [6, 6.07) is 7.16. The molecule has 0 aliphatic rings. The minimum absolute atomic E-state index is 0.286. The SMILES string of the molecule is CC/C(O)=C\C=C(/C)Cc1ccc(O)cc1. The van der Waals surface area contributed by atoms with E-state index in [0.717, 1.165) is 12.0 Å². The Hall–Kier alpha value is -1.70. The van der Waals surface area contributed by atoms with Gasteiger partial charge in [-0.15, -0.1) is 0 Å². The predicted molar refractivity (Wildman–Crippen MR) is 66.6 cm³/mol. The molecular formula is C14H18O2. The zero-order valence-electron chi connectivity index (χ0n) is 9.77. The van der Waals surface area contributed by atoms with E-state index in [9.17, 15) is 5.11 Å². The Bertz CT molecular complexity index is 386. The van der Waals surface area contributed by atoms with Gasteiger partial charge in [-0.05, 0) is 37.1 Å². The molecule has 0 aromatic heterocycles. The molecule has 0 radical (unpaired) electrons. The van der Waals surface area contributed by atoms with Crippen molar-refractivity contribution < 1.29 is 10.2 Å². The zero-order chi connectivity index (χ0) is 12.0. The third-order valence-electron chi connectivity index (χ3n) is 2.34. The average Bonchev–Trinajstić information content (AvgIpc) is 2.29. The third kappa shape index (κ3) is 4.22. The van der Waals surface area contributed by atoms with Crippen molar-refractivity contribution in [2.24, 2.45) is 0 Å². The lowest BCUT2D eigenvalue weighted by Crippen LogP contribution is -1.86. The van der Waals surface area contributed by atoms with Crippen LogP contribution >= 0.6 is 0 Å². The number of hydrogen-bond acceptors (Lipinski definition) is 2. The average molecular weight is 218 g/mol. The molecule has 86 valence electrons. The van der Waals surface area contributed by atoms with Crippen LogP contribution in [0.2, 0.25) is 0 Å². The first-order chi connectivity index (χ1) is 7.61. The van der Waals surface area contributed by atoms with Gasteiger partial charge >= 0.3 is 0 Å². The van der Waals surface area contributed by atoms with Crippen molar-refractivity contribution in [1.82, 2.24) is 0 Å². The summed E-state index contributed by atoms with van der Waals surface area (Å²) in [5.74, 6) is 0.680. The molecule has 16 heavy (non-hydrogen) atoms. The molecule has 2 nitrogen and oxygen atoms in total. The first kappa shape index (κ1) is 12.4. The molecule has 0 saturated carbocycles. The highest BCUT2D eigenvalue weighted by molar-refractivity contribution is 5.29. The van der Waals surface area contributed by atoms with Gasteiger partial charge in [-0.2, -0.15) is 0 Å². The maximum Gasteiger partial charge on any atom is 0.115 e. The van der Waals surface area contributed by atoms with Crippen molar-refractivity contribution >= 4 is 0 Å². The normalized spacial score (nSPS) is 12.9. The van der Waals surface area contributed by atoms with Gasteiger partial charge in [0.05, 0.1) is 5.76 Å². The Morgan fingerprint density at radius 3 is 2.38 bits per heavy atom. The van der Waals surface area contributed by atoms with Gasteiger partial charge in [0, 0.05) is 6.42 Å². The maximum atomic E-state index is 9.29. The summed E-state index contributed by atoms with van der Waals surface area (Å²) < 4.78 is 0. The van der Waals surface area contributed by atoms with Gasteiger partial charge in [0.2, 0.25) is 0 Å². The molecule has 0 heterocycles. The van der Waals surface area contributed by atoms with Crippen molar-refractivity contribution in [2.45, 2.75) is 26.7 Å². The number of aliphatic hydroxyl groups is 1. The first-order valence-electron chi connectivity index (χ1n) is 5.45. The smallest absolute Gasteiger partial charge is 0.115 e. The summed E-state index contributed by atoms with van der Waals surface area (Å²) in [5.41, 5.74) is 2.32. The second-order valence-corrected chi connectivity index (χ2v) is 3.87. The van der Waals surface area contributed by atoms with E-state index in [1.54, 1.807) is 18.2 Å². The maximum absolute atomic E-state index is 9.29. The largest absolute Gasteiger partial charge is 0.512 e. The number of allylic oxidation sites excluding steroid dienone is 4. The van der Waals surface area contributed by atoms with Crippen molar-refractivity contribution in [2.75, 3.05) is 0 Å². The van der Waals surface area contributed by atoms with Gasteiger partial charge in [-0.3, -0.25) is 0 Å². The second-order valence-electron chi connectivity index (χ2n) is 3.87. The quantitative estimate of drug-likeness (QED) is 0.597. The highest BCUT2D eigenvalue weighted by Crippen LogP contribution is 2.13. The van der Waals surface area contributed by atoms with E-state index in [1.807, 2.05) is 32.1 Å². The molecule has 0 saturated heterocycles. The summed E-state index contributed by atoms with van der Waals surface area (Å²) in [5, 5.41) is 18.4. The standard InChI is InChI=1S/C14H18O2/c1-3-13(15)7-4-11(2)10-12-5-8-14(16)9-6-12/h4-9,15-16H,3,10H2,1-2H3/b11-4+,13-7+. The molecule has 0 fully saturated rings. The fourth-order valence-electron chi connectivity index (χ4n) is 1.35.